The maximum absolute atomic E-state index is 13.3. The van der Waals surface area contributed by atoms with Crippen molar-refractivity contribution in [2.45, 2.75) is 24.8 Å². The van der Waals surface area contributed by atoms with Crippen LogP contribution < -0.4 is 15.4 Å². The summed E-state index contributed by atoms with van der Waals surface area (Å²) in [7, 11) is -2.49. The van der Waals surface area contributed by atoms with Crippen molar-refractivity contribution in [1.82, 2.24) is 14.2 Å². The Morgan fingerprint density at radius 3 is 2.32 bits per heavy atom. The van der Waals surface area contributed by atoms with Crippen LogP contribution in [0.25, 0.3) is 11.1 Å². The second-order valence-electron chi connectivity index (χ2n) is 8.69. The van der Waals surface area contributed by atoms with Gasteiger partial charge in [0.25, 0.3) is 0 Å². The number of rotatable bonds is 6. The summed E-state index contributed by atoms with van der Waals surface area (Å²) >= 11 is 5.97. The average Bonchev–Trinajstić information content (AvgIpc) is 3.10. The van der Waals surface area contributed by atoms with Crippen molar-refractivity contribution in [1.29, 1.82) is 0 Å². The topological polar surface area (TPSA) is 105 Å². The molecule has 9 nitrogen and oxygen atoms in total. The Hall–Kier alpha value is -2.82. The van der Waals surface area contributed by atoms with Crippen LogP contribution in [0, 0.1) is 5.92 Å². The third kappa shape index (κ3) is 4.84. The summed E-state index contributed by atoms with van der Waals surface area (Å²) in [5.41, 5.74) is 1.68. The number of fused-ring (bicyclic) bond motifs is 1. The summed E-state index contributed by atoms with van der Waals surface area (Å²) in [5.74, 6) is -1.11. The molecule has 0 bridgehead atoms. The summed E-state index contributed by atoms with van der Waals surface area (Å²) in [4.78, 5) is 28.8. The number of amides is 1. The van der Waals surface area contributed by atoms with E-state index in [4.69, 9.17) is 16.0 Å². The van der Waals surface area contributed by atoms with E-state index in [1.54, 1.807) is 25.8 Å². The van der Waals surface area contributed by atoms with E-state index in [2.05, 4.69) is 9.62 Å². The standard InChI is InChI=1S/C23H27ClN4O5S/c1-15(2)21(22(29)28-12-10-27(11-13-28)17-6-4-16(24)5-7-17)25-34(31,32)18-8-9-19-20(14-18)33-23(30)26(19)3/h4-9,14-15,21,25H,10-13H2,1-3H3/t21-/m0/s1. The second kappa shape index (κ2) is 9.44. The number of carbonyl (C=O) groups excluding carboxylic acids is 1. The van der Waals surface area contributed by atoms with E-state index in [0.717, 1.165) is 5.69 Å². The quantitative estimate of drug-likeness (QED) is 0.550. The number of halogens is 1. The van der Waals surface area contributed by atoms with Crippen LogP contribution in [0.15, 0.2) is 56.6 Å². The third-order valence-corrected chi connectivity index (χ3v) is 7.76. The summed E-state index contributed by atoms with van der Waals surface area (Å²) in [6.07, 6.45) is 0. The Morgan fingerprint density at radius 1 is 1.06 bits per heavy atom. The molecular weight excluding hydrogens is 480 g/mol. The molecule has 182 valence electrons. The van der Waals surface area contributed by atoms with E-state index in [1.807, 2.05) is 24.3 Å². The van der Waals surface area contributed by atoms with Gasteiger partial charge in [0.2, 0.25) is 15.9 Å². The molecule has 1 aromatic heterocycles. The van der Waals surface area contributed by atoms with Gasteiger partial charge in [-0.25, -0.2) is 13.2 Å². The maximum Gasteiger partial charge on any atom is 0.419 e. The summed E-state index contributed by atoms with van der Waals surface area (Å²) in [6.45, 7) is 5.83. The van der Waals surface area contributed by atoms with Crippen LogP contribution in [0.5, 0.6) is 0 Å². The second-order valence-corrected chi connectivity index (χ2v) is 10.8. The molecule has 1 aliphatic heterocycles. The van der Waals surface area contributed by atoms with Crippen LogP contribution in [-0.4, -0.2) is 56.0 Å². The van der Waals surface area contributed by atoms with Gasteiger partial charge in [-0.1, -0.05) is 25.4 Å². The van der Waals surface area contributed by atoms with Crippen molar-refractivity contribution >= 4 is 44.3 Å². The normalized spacial score (nSPS) is 15.8. The van der Waals surface area contributed by atoms with Crippen molar-refractivity contribution in [3.05, 3.63) is 58.0 Å². The monoisotopic (exact) mass is 506 g/mol. The largest absolute Gasteiger partial charge is 0.419 e. The third-order valence-electron chi connectivity index (χ3n) is 6.07. The van der Waals surface area contributed by atoms with Crippen molar-refractivity contribution in [3.63, 3.8) is 0 Å². The molecule has 1 amide bonds. The first-order valence-electron chi connectivity index (χ1n) is 11.0. The molecule has 1 aliphatic rings. The van der Waals surface area contributed by atoms with Gasteiger partial charge in [0.05, 0.1) is 10.4 Å². The first kappa shape index (κ1) is 24.3. The highest BCUT2D eigenvalue weighted by Gasteiger charge is 2.33. The SMILES string of the molecule is CC(C)[C@H](NS(=O)(=O)c1ccc2c(c1)oc(=O)n2C)C(=O)N1CCN(c2ccc(Cl)cc2)CC1. The minimum atomic E-state index is -4.03. The molecule has 1 saturated heterocycles. The van der Waals surface area contributed by atoms with E-state index in [9.17, 15) is 18.0 Å². The van der Waals surface area contributed by atoms with E-state index in [0.29, 0.717) is 36.7 Å². The lowest BCUT2D eigenvalue weighted by molar-refractivity contribution is -0.134. The molecule has 0 spiro atoms. The molecule has 0 aliphatic carbocycles. The molecule has 2 aromatic carbocycles. The van der Waals surface area contributed by atoms with Crippen LogP contribution >= 0.6 is 11.6 Å². The highest BCUT2D eigenvalue weighted by atomic mass is 35.5. The number of hydrogen-bond acceptors (Lipinski definition) is 6. The minimum absolute atomic E-state index is 0.0691. The molecular formula is C23H27ClN4O5S. The zero-order valence-electron chi connectivity index (χ0n) is 19.2. The Labute approximate surface area is 202 Å². The maximum atomic E-state index is 13.3. The van der Waals surface area contributed by atoms with E-state index < -0.39 is 21.8 Å². The predicted molar refractivity (Wildman–Crippen MR) is 131 cm³/mol. The summed E-state index contributed by atoms with van der Waals surface area (Å²) < 4.78 is 35.2. The average molecular weight is 507 g/mol. The first-order chi connectivity index (χ1) is 16.1. The number of piperazine rings is 1. The highest BCUT2D eigenvalue weighted by molar-refractivity contribution is 7.89. The van der Waals surface area contributed by atoms with Gasteiger partial charge in [-0.2, -0.15) is 4.72 Å². The van der Waals surface area contributed by atoms with Crippen LogP contribution in [0.3, 0.4) is 0 Å². The summed E-state index contributed by atoms with van der Waals surface area (Å²) in [5, 5.41) is 0.665. The Bertz CT molecular complexity index is 1360. The molecule has 0 unspecified atom stereocenters. The molecule has 2 heterocycles. The highest BCUT2D eigenvalue weighted by Crippen LogP contribution is 2.22. The number of carbonyl (C=O) groups is 1. The zero-order chi connectivity index (χ0) is 24.6. The van der Waals surface area contributed by atoms with Gasteiger partial charge in [-0.15, -0.1) is 0 Å². The number of sulfonamides is 1. The zero-order valence-corrected chi connectivity index (χ0v) is 20.8. The van der Waals surface area contributed by atoms with Crippen LogP contribution in [0.4, 0.5) is 5.69 Å². The van der Waals surface area contributed by atoms with E-state index in [-0.39, 0.29) is 22.3 Å². The van der Waals surface area contributed by atoms with Gasteiger partial charge in [0.1, 0.15) is 6.04 Å². The predicted octanol–water partition coefficient (Wildman–Crippen LogP) is 2.44. The lowest BCUT2D eigenvalue weighted by Gasteiger charge is -2.38. The fourth-order valence-corrected chi connectivity index (χ4v) is 5.50. The van der Waals surface area contributed by atoms with Crippen molar-refractivity contribution in [2.75, 3.05) is 31.1 Å². The molecule has 0 saturated carbocycles. The lowest BCUT2D eigenvalue weighted by atomic mass is 10.0. The summed E-state index contributed by atoms with van der Waals surface area (Å²) in [6, 6.07) is 10.8. The van der Waals surface area contributed by atoms with E-state index >= 15 is 0 Å². The number of benzene rings is 2. The van der Waals surface area contributed by atoms with Crippen molar-refractivity contribution in [3.8, 4) is 0 Å². The lowest BCUT2D eigenvalue weighted by Crippen LogP contribution is -2.56. The number of aryl methyl sites for hydroxylation is 1. The fourth-order valence-electron chi connectivity index (χ4n) is 4.02. The minimum Gasteiger partial charge on any atom is -0.408 e. The van der Waals surface area contributed by atoms with Gasteiger partial charge in [-0.3, -0.25) is 9.36 Å². The van der Waals surface area contributed by atoms with Crippen molar-refractivity contribution < 1.29 is 17.6 Å². The van der Waals surface area contributed by atoms with Gasteiger partial charge in [0.15, 0.2) is 5.58 Å². The molecule has 1 N–H and O–H groups in total. The number of anilines is 1. The van der Waals surface area contributed by atoms with Gasteiger partial charge >= 0.3 is 5.76 Å². The van der Waals surface area contributed by atoms with Crippen molar-refractivity contribution in [2.24, 2.45) is 13.0 Å². The Morgan fingerprint density at radius 2 is 1.71 bits per heavy atom. The first-order valence-corrected chi connectivity index (χ1v) is 12.8. The van der Waals surface area contributed by atoms with Crippen LogP contribution in [0.2, 0.25) is 5.02 Å². The molecule has 11 heteroatoms. The van der Waals surface area contributed by atoms with Crippen LogP contribution in [-0.2, 0) is 21.9 Å². The number of aromatic nitrogens is 1. The fraction of sp³-hybridized carbons (Fsp3) is 0.391. The van der Waals surface area contributed by atoms with E-state index in [1.165, 1.54) is 22.8 Å². The molecule has 1 fully saturated rings. The molecule has 3 aromatic rings. The van der Waals surface area contributed by atoms with Gasteiger partial charge in [0, 0.05) is 50.0 Å². The number of nitrogens with one attached hydrogen (secondary N) is 1. The molecule has 0 radical (unpaired) electrons. The molecule has 1 atom stereocenters. The molecule has 4 rings (SSSR count). The number of nitrogens with zero attached hydrogens (tertiary/aromatic N) is 3. The number of hydrogen-bond donors (Lipinski definition) is 1. The molecule has 34 heavy (non-hydrogen) atoms. The Balaban J connectivity index is 1.48. The van der Waals surface area contributed by atoms with Gasteiger partial charge < -0.3 is 14.2 Å². The van der Waals surface area contributed by atoms with Crippen LogP contribution in [0.1, 0.15) is 13.8 Å². The number of oxazole rings is 1. The van der Waals surface area contributed by atoms with Gasteiger partial charge in [-0.05, 0) is 42.3 Å². The Kier molecular flexibility index (Phi) is 6.75. The smallest absolute Gasteiger partial charge is 0.408 e.